The number of carbonyl (C=O) groups is 1. The molecule has 0 atom stereocenters. The largest absolute Gasteiger partial charge is 0.435 e. The number of aromatic nitrogens is 1. The summed E-state index contributed by atoms with van der Waals surface area (Å²) in [5.41, 5.74) is 5.21. The topological polar surface area (TPSA) is 65.2 Å². The summed E-state index contributed by atoms with van der Waals surface area (Å²) < 4.78 is 27.7. The van der Waals surface area contributed by atoms with Crippen LogP contribution in [0.2, 0.25) is 0 Å². The third-order valence-corrected chi connectivity index (χ3v) is 1.37. The molecule has 1 aromatic heterocycles. The van der Waals surface area contributed by atoms with E-state index in [0.717, 1.165) is 0 Å². The van der Waals surface area contributed by atoms with Crippen molar-refractivity contribution in [1.29, 1.82) is 0 Å². The summed E-state index contributed by atoms with van der Waals surface area (Å²) in [5.74, 6) is -0.613. The summed E-state index contributed by atoms with van der Waals surface area (Å²) in [6, 6.07) is 2.52. The molecule has 0 saturated heterocycles. The third kappa shape index (κ3) is 3.34. The number of hydrogen-bond donors (Lipinski definition) is 1. The lowest BCUT2D eigenvalue weighted by molar-refractivity contribution is -0.117. The highest BCUT2D eigenvalue weighted by molar-refractivity contribution is 5.76. The maximum Gasteiger partial charge on any atom is 0.387 e. The van der Waals surface area contributed by atoms with Gasteiger partial charge >= 0.3 is 6.61 Å². The molecule has 0 unspecified atom stereocenters. The quantitative estimate of drug-likeness (QED) is 0.781. The molecule has 0 aliphatic carbocycles. The van der Waals surface area contributed by atoms with Crippen molar-refractivity contribution in [3.8, 4) is 5.75 Å². The first-order valence-corrected chi connectivity index (χ1v) is 3.76. The molecule has 0 aliphatic rings. The Morgan fingerprint density at radius 1 is 1.64 bits per heavy atom. The summed E-state index contributed by atoms with van der Waals surface area (Å²) >= 11 is 0. The minimum Gasteiger partial charge on any atom is -0.435 e. The minimum absolute atomic E-state index is 0.0359. The predicted octanol–water partition coefficient (Wildman–Crippen LogP) is 0.711. The van der Waals surface area contributed by atoms with Crippen LogP contribution in [0, 0.1) is 0 Å². The molecule has 1 aromatic rings. The molecule has 0 fully saturated rings. The predicted molar refractivity (Wildman–Crippen MR) is 43.8 cm³/mol. The zero-order valence-electron chi connectivity index (χ0n) is 7.11. The van der Waals surface area contributed by atoms with E-state index in [1.54, 1.807) is 0 Å². The average Bonchev–Trinajstić information content (AvgIpc) is 2.01. The van der Waals surface area contributed by atoms with Crippen LogP contribution in [0.25, 0.3) is 0 Å². The lowest BCUT2D eigenvalue weighted by Crippen LogP contribution is -2.14. The van der Waals surface area contributed by atoms with Crippen molar-refractivity contribution in [3.05, 3.63) is 24.0 Å². The Morgan fingerprint density at radius 3 is 2.93 bits per heavy atom. The van der Waals surface area contributed by atoms with E-state index in [4.69, 9.17) is 5.73 Å². The molecule has 0 saturated carbocycles. The van der Waals surface area contributed by atoms with Gasteiger partial charge in [-0.05, 0) is 6.07 Å². The third-order valence-electron chi connectivity index (χ3n) is 1.37. The fourth-order valence-electron chi connectivity index (χ4n) is 0.907. The fraction of sp³-hybridized carbons (Fsp3) is 0.250. The Morgan fingerprint density at radius 2 is 2.36 bits per heavy atom. The maximum atomic E-state index is 11.8. The van der Waals surface area contributed by atoms with Gasteiger partial charge in [-0.15, -0.1) is 0 Å². The van der Waals surface area contributed by atoms with Crippen LogP contribution >= 0.6 is 0 Å². The van der Waals surface area contributed by atoms with Crippen LogP contribution in [0.15, 0.2) is 18.3 Å². The van der Waals surface area contributed by atoms with Gasteiger partial charge in [0.2, 0.25) is 5.91 Å². The van der Waals surface area contributed by atoms with Crippen molar-refractivity contribution in [3.63, 3.8) is 0 Å². The van der Waals surface area contributed by atoms with Crippen LogP contribution < -0.4 is 10.5 Å². The lowest BCUT2D eigenvalue weighted by Gasteiger charge is -2.04. The van der Waals surface area contributed by atoms with Crippen LogP contribution in [-0.2, 0) is 11.2 Å². The summed E-state index contributed by atoms with van der Waals surface area (Å²) in [4.78, 5) is 14.3. The van der Waals surface area contributed by atoms with Crippen molar-refractivity contribution in [2.75, 3.05) is 0 Å². The Kier molecular flexibility index (Phi) is 3.33. The van der Waals surface area contributed by atoms with E-state index in [1.807, 2.05) is 0 Å². The van der Waals surface area contributed by atoms with E-state index in [1.165, 1.54) is 18.3 Å². The van der Waals surface area contributed by atoms with Crippen LogP contribution in [0.4, 0.5) is 8.78 Å². The second kappa shape index (κ2) is 4.50. The number of carbonyl (C=O) groups excluding carboxylic acids is 1. The zero-order chi connectivity index (χ0) is 10.6. The smallest absolute Gasteiger partial charge is 0.387 e. The molecule has 1 amide bonds. The van der Waals surface area contributed by atoms with E-state index in [-0.39, 0.29) is 12.2 Å². The molecule has 4 nitrogen and oxygen atoms in total. The molecule has 0 aliphatic heterocycles. The molecule has 2 N–H and O–H groups in total. The SMILES string of the molecule is NC(=O)Cc1cc(OC(F)F)ccn1. The van der Waals surface area contributed by atoms with Crippen molar-refractivity contribution in [2.24, 2.45) is 5.73 Å². The highest BCUT2D eigenvalue weighted by atomic mass is 19.3. The number of halogens is 2. The highest BCUT2D eigenvalue weighted by Crippen LogP contribution is 2.13. The van der Waals surface area contributed by atoms with E-state index >= 15 is 0 Å². The summed E-state index contributed by atoms with van der Waals surface area (Å²) in [6.45, 7) is -2.89. The molecular formula is C8H8F2N2O2. The molecule has 0 radical (unpaired) electrons. The standard InChI is InChI=1S/C8H8F2N2O2/c9-8(10)14-6-1-2-12-5(3-6)4-7(11)13/h1-3,8H,4H2,(H2,11,13). The van der Waals surface area contributed by atoms with Crippen molar-refractivity contribution in [2.45, 2.75) is 13.0 Å². The summed E-state index contributed by atoms with van der Waals surface area (Å²) in [5, 5.41) is 0. The number of ether oxygens (including phenoxy) is 1. The Balaban J connectivity index is 2.73. The summed E-state index contributed by atoms with van der Waals surface area (Å²) in [6.07, 6.45) is 1.18. The highest BCUT2D eigenvalue weighted by Gasteiger charge is 2.06. The average molecular weight is 202 g/mol. The molecule has 6 heteroatoms. The van der Waals surface area contributed by atoms with Gasteiger partial charge in [0.25, 0.3) is 0 Å². The van der Waals surface area contributed by atoms with Gasteiger partial charge in [0.05, 0.1) is 12.1 Å². The Bertz CT molecular complexity index is 331. The molecule has 0 bridgehead atoms. The van der Waals surface area contributed by atoms with E-state index in [2.05, 4.69) is 9.72 Å². The van der Waals surface area contributed by atoms with Gasteiger partial charge < -0.3 is 10.5 Å². The molecule has 0 aromatic carbocycles. The first-order chi connectivity index (χ1) is 6.58. The molecule has 14 heavy (non-hydrogen) atoms. The number of pyridine rings is 1. The van der Waals surface area contributed by atoms with Gasteiger partial charge in [0.15, 0.2) is 0 Å². The Hall–Kier alpha value is -1.72. The van der Waals surface area contributed by atoms with E-state index < -0.39 is 12.5 Å². The number of nitrogens with two attached hydrogens (primary N) is 1. The van der Waals surface area contributed by atoms with Gasteiger partial charge in [-0.3, -0.25) is 9.78 Å². The molecule has 76 valence electrons. The number of alkyl halides is 2. The first kappa shape index (κ1) is 10.4. The first-order valence-electron chi connectivity index (χ1n) is 3.76. The molecular weight excluding hydrogens is 194 g/mol. The van der Waals surface area contributed by atoms with Crippen LogP contribution in [0.1, 0.15) is 5.69 Å². The van der Waals surface area contributed by atoms with Gasteiger partial charge in [-0.25, -0.2) is 0 Å². The second-order valence-electron chi connectivity index (χ2n) is 2.50. The van der Waals surface area contributed by atoms with Gasteiger partial charge in [-0.1, -0.05) is 0 Å². The summed E-state index contributed by atoms with van der Waals surface area (Å²) in [7, 11) is 0. The molecule has 0 spiro atoms. The van der Waals surface area contributed by atoms with Gasteiger partial charge in [-0.2, -0.15) is 8.78 Å². The number of rotatable bonds is 4. The van der Waals surface area contributed by atoms with Crippen molar-refractivity contribution < 1.29 is 18.3 Å². The molecule has 1 heterocycles. The number of hydrogen-bond acceptors (Lipinski definition) is 3. The van der Waals surface area contributed by atoms with Gasteiger partial charge in [0.1, 0.15) is 5.75 Å². The van der Waals surface area contributed by atoms with Crippen LogP contribution in [0.3, 0.4) is 0 Å². The Labute approximate surface area is 78.7 Å². The fourth-order valence-corrected chi connectivity index (χ4v) is 0.907. The van der Waals surface area contributed by atoms with E-state index in [0.29, 0.717) is 5.69 Å². The number of primary amides is 1. The monoisotopic (exact) mass is 202 g/mol. The van der Waals surface area contributed by atoms with Crippen molar-refractivity contribution >= 4 is 5.91 Å². The van der Waals surface area contributed by atoms with E-state index in [9.17, 15) is 13.6 Å². The maximum absolute atomic E-state index is 11.8. The van der Waals surface area contributed by atoms with Crippen molar-refractivity contribution in [1.82, 2.24) is 4.98 Å². The number of nitrogens with zero attached hydrogens (tertiary/aromatic N) is 1. The molecule has 1 rings (SSSR count). The lowest BCUT2D eigenvalue weighted by atomic mass is 10.2. The zero-order valence-corrected chi connectivity index (χ0v) is 7.11. The van der Waals surface area contributed by atoms with Crippen LogP contribution in [0.5, 0.6) is 5.75 Å². The second-order valence-corrected chi connectivity index (χ2v) is 2.50. The normalized spacial score (nSPS) is 10.2. The van der Waals surface area contributed by atoms with Crippen LogP contribution in [-0.4, -0.2) is 17.5 Å². The number of amides is 1. The van der Waals surface area contributed by atoms with Gasteiger partial charge in [0, 0.05) is 12.3 Å². The minimum atomic E-state index is -2.89.